The lowest BCUT2D eigenvalue weighted by Gasteiger charge is -2.06. The number of nitrogens with zero attached hydrogens (tertiary/aromatic N) is 1. The van der Waals surface area contributed by atoms with Crippen LogP contribution in [0.3, 0.4) is 0 Å². The van der Waals surface area contributed by atoms with Gasteiger partial charge in [-0.1, -0.05) is 6.07 Å². The van der Waals surface area contributed by atoms with Crippen LogP contribution in [-0.4, -0.2) is 11.5 Å². The second kappa shape index (κ2) is 5.84. The van der Waals surface area contributed by atoms with Crippen molar-refractivity contribution in [3.05, 3.63) is 52.0 Å². The standard InChI is InChI=1S/C12H12F2N2S/c13-10-2-1-3-11(14)9(10)8-15-5-4-12-16-6-7-17-12/h1-3,6-7,15H,4-5,8H2. The molecule has 5 heteroatoms. The van der Waals surface area contributed by atoms with Crippen LogP contribution in [0.15, 0.2) is 29.8 Å². The summed E-state index contributed by atoms with van der Waals surface area (Å²) in [5.74, 6) is -1.02. The minimum absolute atomic E-state index is 0.0895. The Morgan fingerprint density at radius 3 is 2.65 bits per heavy atom. The molecule has 2 rings (SSSR count). The molecule has 2 aromatic rings. The van der Waals surface area contributed by atoms with E-state index in [0.717, 1.165) is 11.4 Å². The van der Waals surface area contributed by atoms with E-state index >= 15 is 0 Å². The predicted molar refractivity (Wildman–Crippen MR) is 63.9 cm³/mol. The second-order valence-electron chi connectivity index (χ2n) is 3.55. The van der Waals surface area contributed by atoms with Crippen LogP contribution < -0.4 is 5.32 Å². The molecule has 0 spiro atoms. The van der Waals surface area contributed by atoms with E-state index in [1.165, 1.54) is 18.2 Å². The first-order chi connectivity index (χ1) is 8.27. The van der Waals surface area contributed by atoms with Gasteiger partial charge in [-0.25, -0.2) is 13.8 Å². The van der Waals surface area contributed by atoms with E-state index in [1.807, 2.05) is 5.38 Å². The highest BCUT2D eigenvalue weighted by Gasteiger charge is 2.07. The summed E-state index contributed by atoms with van der Waals surface area (Å²) in [5, 5.41) is 5.94. The Balaban J connectivity index is 1.82. The number of aromatic nitrogens is 1. The zero-order valence-electron chi connectivity index (χ0n) is 9.12. The fraction of sp³-hybridized carbons (Fsp3) is 0.250. The molecule has 0 saturated carbocycles. The van der Waals surface area contributed by atoms with Gasteiger partial charge in [-0.2, -0.15) is 0 Å². The SMILES string of the molecule is Fc1cccc(F)c1CNCCc1nccs1. The summed E-state index contributed by atoms with van der Waals surface area (Å²) >= 11 is 1.58. The van der Waals surface area contributed by atoms with Crippen LogP contribution in [0.25, 0.3) is 0 Å². The van der Waals surface area contributed by atoms with Crippen LogP contribution in [0.4, 0.5) is 8.78 Å². The van der Waals surface area contributed by atoms with E-state index in [4.69, 9.17) is 0 Å². The molecule has 0 radical (unpaired) electrons. The zero-order chi connectivity index (χ0) is 12.1. The molecule has 0 aliphatic rings. The van der Waals surface area contributed by atoms with Gasteiger partial charge in [-0.3, -0.25) is 0 Å². The van der Waals surface area contributed by atoms with Crippen molar-refractivity contribution < 1.29 is 8.78 Å². The number of thiazole rings is 1. The van der Waals surface area contributed by atoms with Crippen molar-refractivity contribution in [1.82, 2.24) is 10.3 Å². The Labute approximate surface area is 102 Å². The van der Waals surface area contributed by atoms with E-state index in [2.05, 4.69) is 10.3 Å². The maximum Gasteiger partial charge on any atom is 0.130 e. The van der Waals surface area contributed by atoms with Gasteiger partial charge >= 0.3 is 0 Å². The molecule has 0 aliphatic heterocycles. The third-order valence-electron chi connectivity index (χ3n) is 2.36. The molecular formula is C12H12F2N2S. The maximum atomic E-state index is 13.3. The fourth-order valence-corrected chi connectivity index (χ4v) is 2.11. The van der Waals surface area contributed by atoms with Gasteiger partial charge in [0, 0.05) is 36.7 Å². The summed E-state index contributed by atoms with van der Waals surface area (Å²) in [5.41, 5.74) is 0.0895. The Morgan fingerprint density at radius 2 is 2.00 bits per heavy atom. The Morgan fingerprint density at radius 1 is 1.24 bits per heavy atom. The third-order valence-corrected chi connectivity index (χ3v) is 3.20. The summed E-state index contributed by atoms with van der Waals surface area (Å²) in [6.07, 6.45) is 2.52. The number of benzene rings is 1. The van der Waals surface area contributed by atoms with Crippen molar-refractivity contribution in [3.63, 3.8) is 0 Å². The molecule has 2 nitrogen and oxygen atoms in total. The smallest absolute Gasteiger partial charge is 0.130 e. The Hall–Kier alpha value is -1.33. The number of rotatable bonds is 5. The fourth-order valence-electron chi connectivity index (χ4n) is 1.49. The van der Waals surface area contributed by atoms with Crippen LogP contribution in [0, 0.1) is 11.6 Å². The number of nitrogens with one attached hydrogen (secondary N) is 1. The van der Waals surface area contributed by atoms with E-state index < -0.39 is 11.6 Å². The monoisotopic (exact) mass is 254 g/mol. The average Bonchev–Trinajstić information content (AvgIpc) is 2.80. The van der Waals surface area contributed by atoms with Crippen molar-refractivity contribution in [3.8, 4) is 0 Å². The summed E-state index contributed by atoms with van der Waals surface area (Å²) in [6.45, 7) is 0.852. The molecule has 1 heterocycles. The summed E-state index contributed by atoms with van der Waals surface area (Å²) in [6, 6.07) is 3.89. The Kier molecular flexibility index (Phi) is 4.17. The molecule has 1 aromatic carbocycles. The highest BCUT2D eigenvalue weighted by molar-refractivity contribution is 7.09. The van der Waals surface area contributed by atoms with E-state index in [-0.39, 0.29) is 12.1 Å². The topological polar surface area (TPSA) is 24.9 Å². The van der Waals surface area contributed by atoms with Crippen molar-refractivity contribution in [1.29, 1.82) is 0 Å². The van der Waals surface area contributed by atoms with Gasteiger partial charge < -0.3 is 5.32 Å². The lowest BCUT2D eigenvalue weighted by Crippen LogP contribution is -2.18. The highest BCUT2D eigenvalue weighted by atomic mass is 32.1. The van der Waals surface area contributed by atoms with Crippen LogP contribution in [0.2, 0.25) is 0 Å². The molecule has 0 bridgehead atoms. The molecule has 0 aliphatic carbocycles. The Bertz CT molecular complexity index is 451. The molecule has 0 atom stereocenters. The normalized spacial score (nSPS) is 10.7. The van der Waals surface area contributed by atoms with Crippen molar-refractivity contribution in [2.75, 3.05) is 6.54 Å². The largest absolute Gasteiger partial charge is 0.312 e. The molecule has 0 fully saturated rings. The minimum Gasteiger partial charge on any atom is -0.312 e. The van der Waals surface area contributed by atoms with Crippen molar-refractivity contribution in [2.45, 2.75) is 13.0 Å². The first kappa shape index (κ1) is 12.1. The van der Waals surface area contributed by atoms with Crippen LogP contribution in [-0.2, 0) is 13.0 Å². The van der Waals surface area contributed by atoms with E-state index in [0.29, 0.717) is 6.54 Å². The first-order valence-corrected chi connectivity index (χ1v) is 6.17. The van der Waals surface area contributed by atoms with Crippen molar-refractivity contribution in [2.24, 2.45) is 0 Å². The van der Waals surface area contributed by atoms with Gasteiger partial charge in [-0.05, 0) is 12.1 Å². The van der Waals surface area contributed by atoms with Gasteiger partial charge in [0.1, 0.15) is 11.6 Å². The first-order valence-electron chi connectivity index (χ1n) is 5.29. The molecule has 1 aromatic heterocycles. The minimum atomic E-state index is -0.508. The number of hydrogen-bond donors (Lipinski definition) is 1. The van der Waals surface area contributed by atoms with Gasteiger partial charge in [0.2, 0.25) is 0 Å². The van der Waals surface area contributed by atoms with Gasteiger partial charge in [0.25, 0.3) is 0 Å². The number of hydrogen-bond acceptors (Lipinski definition) is 3. The van der Waals surface area contributed by atoms with E-state index in [1.54, 1.807) is 17.5 Å². The summed E-state index contributed by atoms with van der Waals surface area (Å²) in [4.78, 5) is 4.13. The molecule has 17 heavy (non-hydrogen) atoms. The number of halogens is 2. The maximum absolute atomic E-state index is 13.3. The predicted octanol–water partition coefficient (Wildman–Crippen LogP) is 2.75. The van der Waals surface area contributed by atoms with Gasteiger partial charge in [0.05, 0.1) is 5.01 Å². The quantitative estimate of drug-likeness (QED) is 0.830. The highest BCUT2D eigenvalue weighted by Crippen LogP contribution is 2.11. The third kappa shape index (κ3) is 3.31. The second-order valence-corrected chi connectivity index (χ2v) is 4.53. The summed E-state index contributed by atoms with van der Waals surface area (Å²) < 4.78 is 26.5. The van der Waals surface area contributed by atoms with E-state index in [9.17, 15) is 8.78 Å². The molecule has 90 valence electrons. The molecule has 1 N–H and O–H groups in total. The lowest BCUT2D eigenvalue weighted by molar-refractivity contribution is 0.536. The average molecular weight is 254 g/mol. The molecule has 0 amide bonds. The van der Waals surface area contributed by atoms with Crippen LogP contribution in [0.1, 0.15) is 10.6 Å². The summed E-state index contributed by atoms with van der Waals surface area (Å²) in [7, 11) is 0. The van der Waals surface area contributed by atoms with Crippen molar-refractivity contribution >= 4 is 11.3 Å². The molecular weight excluding hydrogens is 242 g/mol. The van der Waals surface area contributed by atoms with Gasteiger partial charge in [0.15, 0.2) is 0 Å². The van der Waals surface area contributed by atoms with Crippen LogP contribution >= 0.6 is 11.3 Å². The molecule has 0 unspecified atom stereocenters. The lowest BCUT2D eigenvalue weighted by atomic mass is 10.2. The zero-order valence-corrected chi connectivity index (χ0v) is 9.94. The molecule has 0 saturated heterocycles. The van der Waals surface area contributed by atoms with Gasteiger partial charge in [-0.15, -0.1) is 11.3 Å². The van der Waals surface area contributed by atoms with Crippen LogP contribution in [0.5, 0.6) is 0 Å².